The van der Waals surface area contributed by atoms with Crippen LogP contribution in [0.25, 0.3) is 0 Å². The molecule has 74 valence electrons. The maximum absolute atomic E-state index is 3.67. The predicted molar refractivity (Wildman–Crippen MR) is 59.9 cm³/mol. The Morgan fingerprint density at radius 1 is 1.38 bits per heavy atom. The van der Waals surface area contributed by atoms with Crippen LogP contribution in [0.4, 0.5) is 0 Å². The normalized spacial score (nSPS) is 40.5. The van der Waals surface area contributed by atoms with Crippen LogP contribution in [0.1, 0.15) is 26.2 Å². The van der Waals surface area contributed by atoms with E-state index >= 15 is 0 Å². The summed E-state index contributed by atoms with van der Waals surface area (Å²) in [5.41, 5.74) is 0. The number of allylic oxidation sites excluding steroid dienone is 2. The van der Waals surface area contributed by atoms with Crippen LogP contribution in [-0.2, 0) is 0 Å². The number of hydrogen-bond acceptors (Lipinski definition) is 2. The maximum atomic E-state index is 3.67. The Labute approximate surface area is 85.4 Å². The average Bonchev–Trinajstić information content (AvgIpc) is 2.20. The Morgan fingerprint density at radius 3 is 2.92 bits per heavy atom. The van der Waals surface area contributed by atoms with Crippen LogP contribution < -0.4 is 5.32 Å². The zero-order chi connectivity index (χ0) is 9.10. The smallest absolute Gasteiger partial charge is 0.0564 e. The van der Waals surface area contributed by atoms with Gasteiger partial charge < -0.3 is 5.32 Å². The molecular weight excluding hydrogens is 178 g/mol. The van der Waals surface area contributed by atoms with Gasteiger partial charge >= 0.3 is 0 Å². The van der Waals surface area contributed by atoms with E-state index in [0.717, 1.165) is 17.2 Å². The van der Waals surface area contributed by atoms with Crippen molar-refractivity contribution in [2.24, 2.45) is 11.8 Å². The third-order valence-electron chi connectivity index (χ3n) is 2.97. The molecular formula is C11H19NS. The van der Waals surface area contributed by atoms with Crippen molar-refractivity contribution in [3.8, 4) is 0 Å². The molecule has 0 bridgehead atoms. The summed E-state index contributed by atoms with van der Waals surface area (Å²) in [5.74, 6) is 3.10. The molecule has 0 radical (unpaired) electrons. The summed E-state index contributed by atoms with van der Waals surface area (Å²) >= 11 is 2.13. The van der Waals surface area contributed by atoms with Crippen molar-refractivity contribution in [1.29, 1.82) is 0 Å². The third-order valence-corrected chi connectivity index (χ3v) is 4.64. The first kappa shape index (κ1) is 9.60. The molecule has 0 saturated carbocycles. The summed E-state index contributed by atoms with van der Waals surface area (Å²) in [6, 6.07) is 0. The van der Waals surface area contributed by atoms with Gasteiger partial charge in [0, 0.05) is 0 Å². The minimum Gasteiger partial charge on any atom is -0.305 e. The van der Waals surface area contributed by atoms with Crippen LogP contribution in [0.5, 0.6) is 0 Å². The van der Waals surface area contributed by atoms with Gasteiger partial charge in [-0.25, -0.2) is 0 Å². The van der Waals surface area contributed by atoms with Gasteiger partial charge in [0.1, 0.15) is 0 Å². The van der Waals surface area contributed by atoms with E-state index in [1.807, 2.05) is 0 Å². The van der Waals surface area contributed by atoms with E-state index in [2.05, 4.69) is 36.2 Å². The fraction of sp³-hybridized carbons (Fsp3) is 0.818. The SMILES string of the molecule is CC1CNC(C2CC=CCC2)SC1. The topological polar surface area (TPSA) is 12.0 Å². The Balaban J connectivity index is 1.83. The highest BCUT2D eigenvalue weighted by Crippen LogP contribution is 2.31. The Morgan fingerprint density at radius 2 is 2.31 bits per heavy atom. The number of thioether (sulfide) groups is 1. The Kier molecular flexibility index (Phi) is 3.33. The highest BCUT2D eigenvalue weighted by Gasteiger charge is 2.25. The molecule has 2 rings (SSSR count). The molecule has 0 spiro atoms. The van der Waals surface area contributed by atoms with Crippen molar-refractivity contribution < 1.29 is 0 Å². The van der Waals surface area contributed by atoms with Gasteiger partial charge in [0.25, 0.3) is 0 Å². The summed E-state index contributed by atoms with van der Waals surface area (Å²) in [5, 5.41) is 4.40. The van der Waals surface area contributed by atoms with E-state index in [9.17, 15) is 0 Å². The van der Waals surface area contributed by atoms with Crippen molar-refractivity contribution in [3.63, 3.8) is 0 Å². The van der Waals surface area contributed by atoms with Crippen LogP contribution in [0.15, 0.2) is 12.2 Å². The highest BCUT2D eigenvalue weighted by atomic mass is 32.2. The third kappa shape index (κ3) is 2.50. The van der Waals surface area contributed by atoms with E-state index in [4.69, 9.17) is 0 Å². The van der Waals surface area contributed by atoms with Crippen molar-refractivity contribution >= 4 is 11.8 Å². The van der Waals surface area contributed by atoms with Gasteiger partial charge in [-0.15, -0.1) is 11.8 Å². The summed E-state index contributed by atoms with van der Waals surface area (Å²) < 4.78 is 0. The molecule has 1 N–H and O–H groups in total. The van der Waals surface area contributed by atoms with Gasteiger partial charge in [0.15, 0.2) is 0 Å². The van der Waals surface area contributed by atoms with Gasteiger partial charge in [0.05, 0.1) is 5.37 Å². The highest BCUT2D eigenvalue weighted by molar-refractivity contribution is 7.99. The molecule has 3 unspecified atom stereocenters. The van der Waals surface area contributed by atoms with Gasteiger partial charge in [-0.3, -0.25) is 0 Å². The summed E-state index contributed by atoms with van der Waals surface area (Å²) in [6.07, 6.45) is 8.65. The zero-order valence-electron chi connectivity index (χ0n) is 8.33. The van der Waals surface area contributed by atoms with Crippen LogP contribution >= 0.6 is 11.8 Å². The first-order chi connectivity index (χ1) is 6.36. The summed E-state index contributed by atoms with van der Waals surface area (Å²) in [6.45, 7) is 3.55. The molecule has 0 aromatic rings. The molecule has 0 amide bonds. The second-order valence-corrected chi connectivity index (χ2v) is 5.49. The molecule has 0 aromatic carbocycles. The largest absolute Gasteiger partial charge is 0.305 e. The van der Waals surface area contributed by atoms with E-state index in [1.165, 1.54) is 31.6 Å². The standard InChI is InChI=1S/C11H19NS/c1-9-7-12-11(13-8-9)10-5-3-2-4-6-10/h2-3,9-12H,4-8H2,1H3. The first-order valence-electron chi connectivity index (χ1n) is 5.36. The van der Waals surface area contributed by atoms with E-state index in [-0.39, 0.29) is 0 Å². The molecule has 0 aromatic heterocycles. The second-order valence-electron chi connectivity index (χ2n) is 4.31. The van der Waals surface area contributed by atoms with Crippen molar-refractivity contribution in [2.45, 2.75) is 31.6 Å². The van der Waals surface area contributed by atoms with E-state index in [1.54, 1.807) is 0 Å². The van der Waals surface area contributed by atoms with Gasteiger partial charge in [-0.05, 0) is 43.4 Å². The maximum Gasteiger partial charge on any atom is 0.0564 e. The molecule has 1 heterocycles. The van der Waals surface area contributed by atoms with Crippen LogP contribution in [0.3, 0.4) is 0 Å². The van der Waals surface area contributed by atoms with Crippen molar-refractivity contribution in [3.05, 3.63) is 12.2 Å². The fourth-order valence-corrected chi connectivity index (χ4v) is 3.49. The van der Waals surface area contributed by atoms with Crippen LogP contribution in [-0.4, -0.2) is 17.7 Å². The molecule has 1 saturated heterocycles. The predicted octanol–water partition coefficient (Wildman–Crippen LogP) is 2.64. The minimum atomic E-state index is 0.737. The van der Waals surface area contributed by atoms with E-state index in [0.29, 0.717) is 0 Å². The molecule has 1 aliphatic carbocycles. The van der Waals surface area contributed by atoms with Crippen LogP contribution in [0.2, 0.25) is 0 Å². The molecule has 3 atom stereocenters. The second kappa shape index (κ2) is 4.52. The first-order valence-corrected chi connectivity index (χ1v) is 6.41. The molecule has 1 aliphatic heterocycles. The minimum absolute atomic E-state index is 0.737. The fourth-order valence-electron chi connectivity index (χ4n) is 2.10. The zero-order valence-corrected chi connectivity index (χ0v) is 9.15. The molecule has 2 heteroatoms. The summed E-state index contributed by atoms with van der Waals surface area (Å²) in [7, 11) is 0. The quantitative estimate of drug-likeness (QED) is 0.649. The van der Waals surface area contributed by atoms with Crippen molar-refractivity contribution in [1.82, 2.24) is 5.32 Å². The van der Waals surface area contributed by atoms with Gasteiger partial charge in [-0.2, -0.15) is 0 Å². The lowest BCUT2D eigenvalue weighted by Gasteiger charge is -2.34. The Hall–Kier alpha value is 0.0500. The van der Waals surface area contributed by atoms with Crippen molar-refractivity contribution in [2.75, 3.05) is 12.3 Å². The molecule has 1 fully saturated rings. The number of hydrogen-bond donors (Lipinski definition) is 1. The molecule has 2 aliphatic rings. The lowest BCUT2D eigenvalue weighted by Crippen LogP contribution is -2.41. The summed E-state index contributed by atoms with van der Waals surface area (Å²) in [4.78, 5) is 0. The molecule has 13 heavy (non-hydrogen) atoms. The number of rotatable bonds is 1. The lowest BCUT2D eigenvalue weighted by molar-refractivity contribution is 0.385. The monoisotopic (exact) mass is 197 g/mol. The average molecular weight is 197 g/mol. The lowest BCUT2D eigenvalue weighted by atomic mass is 9.94. The Bertz CT molecular complexity index is 183. The van der Waals surface area contributed by atoms with Crippen LogP contribution in [0, 0.1) is 11.8 Å². The van der Waals surface area contributed by atoms with Gasteiger partial charge in [0.2, 0.25) is 0 Å². The molecule has 1 nitrogen and oxygen atoms in total. The number of nitrogens with one attached hydrogen (secondary N) is 1. The van der Waals surface area contributed by atoms with Gasteiger partial charge in [-0.1, -0.05) is 19.1 Å². The van der Waals surface area contributed by atoms with E-state index < -0.39 is 0 Å².